The predicted octanol–water partition coefficient (Wildman–Crippen LogP) is 4.17. The van der Waals surface area contributed by atoms with Crippen LogP contribution in [0.4, 0.5) is 11.4 Å². The molecule has 13 heteroatoms. The molecule has 1 unspecified atom stereocenters. The molecule has 50 heavy (non-hydrogen) atoms. The largest absolute Gasteiger partial charge is 0.497 e. The second-order valence-electron chi connectivity index (χ2n) is 13.8. The maximum atomic E-state index is 14.8. The molecule has 0 saturated carbocycles. The zero-order valence-corrected chi connectivity index (χ0v) is 30.0. The van der Waals surface area contributed by atoms with Gasteiger partial charge in [-0.2, -0.15) is 0 Å². The Hall–Kier alpha value is -4.40. The molecule has 4 aromatic rings. The molecule has 1 fully saturated rings. The van der Waals surface area contributed by atoms with E-state index in [-0.39, 0.29) is 36.4 Å². The minimum atomic E-state index is -2.91. The number of nitrogens with one attached hydrogen (secondary N) is 1. The van der Waals surface area contributed by atoms with E-state index in [1.165, 1.54) is 6.92 Å². The predicted molar refractivity (Wildman–Crippen MR) is 190 cm³/mol. The van der Waals surface area contributed by atoms with Crippen LogP contribution in [0.25, 0.3) is 0 Å². The molecule has 1 saturated heterocycles. The summed E-state index contributed by atoms with van der Waals surface area (Å²) in [6.07, 6.45) is 0.677. The molecule has 1 spiro atoms. The lowest BCUT2D eigenvalue weighted by Crippen LogP contribution is -2.46. The Bertz CT molecular complexity index is 1850. The third-order valence-electron chi connectivity index (χ3n) is 10.0. The van der Waals surface area contributed by atoms with Gasteiger partial charge in [-0.05, 0) is 67.9 Å². The van der Waals surface area contributed by atoms with E-state index < -0.39 is 32.0 Å². The standard InChI is InChI=1S/C37H45N5O7Si/c1-23-34(50(4,5)47)33(16-17-41-21-31(39-40-41)29(22-43)26-11-7-6-8-12-26)49-37(23)30-19-28(48-3)14-15-32(30)42(36(37)46)20-25-10-9-13-27(18-25)38-35(45)24(2)44/h6-15,18-19,21,23-24,29,33-34,43-44,47H,16-17,20,22H2,1-5H3,(H,38,45)/t23-,24-,29?,33+,34-,37+/m0/s1. The summed E-state index contributed by atoms with van der Waals surface area (Å²) >= 11 is 0. The first-order valence-corrected chi connectivity index (χ1v) is 19.9. The average molecular weight is 700 g/mol. The lowest BCUT2D eigenvalue weighted by Gasteiger charge is -2.32. The summed E-state index contributed by atoms with van der Waals surface area (Å²) in [5.41, 5.74) is 2.60. The number of methoxy groups -OCH3 is 1. The Kier molecular flexibility index (Phi) is 9.97. The third-order valence-corrected chi connectivity index (χ3v) is 12.5. The Morgan fingerprint density at radius 2 is 1.88 bits per heavy atom. The van der Waals surface area contributed by atoms with E-state index in [4.69, 9.17) is 9.47 Å². The third kappa shape index (κ3) is 6.59. The fraction of sp³-hybridized carbons (Fsp3) is 0.405. The minimum Gasteiger partial charge on any atom is -0.497 e. The van der Waals surface area contributed by atoms with Crippen LogP contribution in [0.2, 0.25) is 18.6 Å². The molecule has 0 aliphatic carbocycles. The van der Waals surface area contributed by atoms with Crippen molar-refractivity contribution in [1.29, 1.82) is 0 Å². The van der Waals surface area contributed by atoms with Crippen LogP contribution in [0.1, 0.15) is 48.6 Å². The molecular weight excluding hydrogens is 655 g/mol. The summed E-state index contributed by atoms with van der Waals surface area (Å²) in [4.78, 5) is 40.4. The Morgan fingerprint density at radius 3 is 2.56 bits per heavy atom. The summed E-state index contributed by atoms with van der Waals surface area (Å²) in [6.45, 7) is 7.70. The number of aliphatic hydroxyl groups excluding tert-OH is 2. The number of carbonyl (C=O) groups excluding carboxylic acids is 2. The van der Waals surface area contributed by atoms with Crippen LogP contribution in [0, 0.1) is 5.92 Å². The molecule has 2 aliphatic rings. The highest BCUT2D eigenvalue weighted by Gasteiger charge is 2.66. The number of fused-ring (bicyclic) bond motifs is 2. The summed E-state index contributed by atoms with van der Waals surface area (Å²) in [6, 6.07) is 22.4. The number of anilines is 2. The van der Waals surface area contributed by atoms with E-state index in [1.54, 1.807) is 34.9 Å². The molecule has 3 heterocycles. The van der Waals surface area contributed by atoms with Crippen LogP contribution in [0.15, 0.2) is 79.0 Å². The van der Waals surface area contributed by atoms with Crippen molar-refractivity contribution in [2.24, 2.45) is 5.92 Å². The monoisotopic (exact) mass is 699 g/mol. The van der Waals surface area contributed by atoms with Gasteiger partial charge in [-0.1, -0.05) is 54.6 Å². The van der Waals surface area contributed by atoms with Crippen LogP contribution in [0.5, 0.6) is 5.75 Å². The van der Waals surface area contributed by atoms with E-state index in [9.17, 15) is 24.6 Å². The van der Waals surface area contributed by atoms with Crippen molar-refractivity contribution in [3.63, 3.8) is 0 Å². The number of benzene rings is 3. The summed E-state index contributed by atoms with van der Waals surface area (Å²) in [7, 11) is -1.33. The van der Waals surface area contributed by atoms with Crippen molar-refractivity contribution in [2.45, 2.75) is 75.7 Å². The first-order chi connectivity index (χ1) is 23.9. The normalized spacial score (nSPS) is 22.8. The number of carbonyl (C=O) groups is 2. The van der Waals surface area contributed by atoms with Crippen molar-refractivity contribution in [1.82, 2.24) is 15.0 Å². The molecule has 12 nitrogen and oxygen atoms in total. The molecule has 264 valence electrons. The highest BCUT2D eigenvalue weighted by atomic mass is 28.4. The number of aromatic nitrogens is 3. The van der Waals surface area contributed by atoms with Gasteiger partial charge in [-0.3, -0.25) is 14.3 Å². The molecule has 6 rings (SSSR count). The van der Waals surface area contributed by atoms with Crippen molar-refractivity contribution >= 4 is 31.5 Å². The van der Waals surface area contributed by atoms with Gasteiger partial charge in [-0.25, -0.2) is 0 Å². The Morgan fingerprint density at radius 1 is 1.12 bits per heavy atom. The Balaban J connectivity index is 1.30. The van der Waals surface area contributed by atoms with Crippen LogP contribution in [-0.4, -0.2) is 76.1 Å². The maximum Gasteiger partial charge on any atom is 0.264 e. The fourth-order valence-electron chi connectivity index (χ4n) is 7.68. The number of nitrogens with zero attached hydrogens (tertiary/aromatic N) is 4. The van der Waals surface area contributed by atoms with Gasteiger partial charge in [0, 0.05) is 35.5 Å². The van der Waals surface area contributed by atoms with Gasteiger partial charge in [0.2, 0.25) is 0 Å². The molecule has 2 aliphatic heterocycles. The van der Waals surface area contributed by atoms with Crippen molar-refractivity contribution < 1.29 is 34.1 Å². The maximum absolute atomic E-state index is 14.8. The van der Waals surface area contributed by atoms with Crippen molar-refractivity contribution in [3.05, 3.63) is 101 Å². The zero-order chi connectivity index (χ0) is 35.8. The number of aryl methyl sites for hydroxylation is 1. The van der Waals surface area contributed by atoms with E-state index in [2.05, 4.69) is 15.6 Å². The molecule has 1 aromatic heterocycles. The van der Waals surface area contributed by atoms with Crippen LogP contribution < -0.4 is 15.0 Å². The van der Waals surface area contributed by atoms with Crippen LogP contribution >= 0.6 is 0 Å². The zero-order valence-electron chi connectivity index (χ0n) is 29.0. The number of ether oxygens (including phenoxy) is 2. The second kappa shape index (κ2) is 14.1. The number of amides is 2. The van der Waals surface area contributed by atoms with Gasteiger partial charge in [0.15, 0.2) is 13.9 Å². The molecule has 0 radical (unpaired) electrons. The van der Waals surface area contributed by atoms with Crippen LogP contribution in [-0.2, 0) is 33.0 Å². The summed E-state index contributed by atoms with van der Waals surface area (Å²) in [5.74, 6) is -0.847. The lowest BCUT2D eigenvalue weighted by molar-refractivity contribution is -0.146. The van der Waals surface area contributed by atoms with E-state index in [1.807, 2.05) is 80.8 Å². The number of aliphatic hydroxyl groups is 2. The molecule has 4 N–H and O–H groups in total. The second-order valence-corrected chi connectivity index (χ2v) is 17.8. The lowest BCUT2D eigenvalue weighted by atomic mass is 9.82. The first kappa shape index (κ1) is 35.4. The SMILES string of the molecule is COc1ccc2c(c1)[C@@]1(O[C@H](CCn3cc(C(CO)c4ccccc4)nn3)[C@@H]([Si](C)(C)O)[C@@H]1C)C(=O)N2Cc1cccc(NC(=O)[C@H](C)O)c1. The van der Waals surface area contributed by atoms with Gasteiger partial charge in [0.05, 0.1) is 43.7 Å². The van der Waals surface area contributed by atoms with Crippen LogP contribution in [0.3, 0.4) is 0 Å². The molecule has 6 atom stereocenters. The smallest absolute Gasteiger partial charge is 0.264 e. The summed E-state index contributed by atoms with van der Waals surface area (Å²) < 4.78 is 14.3. The highest BCUT2D eigenvalue weighted by molar-refractivity contribution is 6.71. The number of rotatable bonds is 12. The topological polar surface area (TPSA) is 159 Å². The summed E-state index contributed by atoms with van der Waals surface area (Å²) in [5, 5.41) is 31.2. The number of hydrogen-bond donors (Lipinski definition) is 4. The van der Waals surface area contributed by atoms with E-state index >= 15 is 0 Å². The first-order valence-electron chi connectivity index (χ1n) is 16.9. The average Bonchev–Trinajstić information content (AvgIpc) is 3.74. The fourth-order valence-corrected chi connectivity index (χ4v) is 10.3. The van der Waals surface area contributed by atoms with Gasteiger partial charge >= 0.3 is 0 Å². The van der Waals surface area contributed by atoms with Gasteiger partial charge in [-0.15, -0.1) is 5.10 Å². The quantitative estimate of drug-likeness (QED) is 0.159. The van der Waals surface area contributed by atoms with Gasteiger partial charge < -0.3 is 34.7 Å². The molecule has 3 aromatic carbocycles. The van der Waals surface area contributed by atoms with Crippen molar-refractivity contribution in [3.8, 4) is 5.75 Å². The Labute approximate surface area is 292 Å². The van der Waals surface area contributed by atoms with Gasteiger partial charge in [0.1, 0.15) is 11.9 Å². The van der Waals surface area contributed by atoms with E-state index in [0.717, 1.165) is 11.1 Å². The number of hydrogen-bond acceptors (Lipinski definition) is 9. The van der Waals surface area contributed by atoms with Gasteiger partial charge in [0.25, 0.3) is 11.8 Å². The molecule has 0 bridgehead atoms. The van der Waals surface area contributed by atoms with E-state index in [0.29, 0.717) is 41.3 Å². The molecule has 2 amide bonds. The minimum absolute atomic E-state index is 0.108. The highest BCUT2D eigenvalue weighted by Crippen LogP contribution is 2.60. The van der Waals surface area contributed by atoms with Crippen molar-refractivity contribution in [2.75, 3.05) is 23.9 Å². The molecular formula is C37H45N5O7Si.